The number of carbonyl (C=O) groups excluding carboxylic acids is 1. The predicted octanol–water partition coefficient (Wildman–Crippen LogP) is 8.12. The molecule has 7 nitrogen and oxygen atoms in total. The summed E-state index contributed by atoms with van der Waals surface area (Å²) in [6.45, 7) is 1.07. The number of carboxylic acid groups (broad SMARTS) is 1. The molecular weight excluding hydrogens is 600 g/mol. The molecule has 0 unspecified atom stereocenters. The maximum absolute atomic E-state index is 10.8. The highest BCUT2D eigenvalue weighted by molar-refractivity contribution is 5.79. The Balaban J connectivity index is 0.000000212. The molecule has 1 aliphatic carbocycles. The van der Waals surface area contributed by atoms with Gasteiger partial charge in [0.05, 0.1) is 12.6 Å². The summed E-state index contributed by atoms with van der Waals surface area (Å²) in [6, 6.07) is 45.5. The van der Waals surface area contributed by atoms with Gasteiger partial charge < -0.3 is 20.3 Å². The number of fused-ring (bicyclic) bond motifs is 3. The van der Waals surface area contributed by atoms with Gasteiger partial charge in [0, 0.05) is 12.3 Å². The number of hydrogen-bond acceptors (Lipinski definition) is 5. The van der Waals surface area contributed by atoms with E-state index in [9.17, 15) is 9.59 Å². The molecule has 1 aliphatic rings. The predicted molar refractivity (Wildman–Crippen MR) is 189 cm³/mol. The van der Waals surface area contributed by atoms with Crippen LogP contribution in [0.4, 0.5) is 4.79 Å². The van der Waals surface area contributed by atoms with Crippen LogP contribution in [0.15, 0.2) is 133 Å². The molecular formula is C41H42N2O5. The number of unbranched alkanes of at least 4 members (excludes halogenated alkanes) is 2. The molecule has 0 spiro atoms. The third kappa shape index (κ3) is 7.93. The molecule has 0 aliphatic heterocycles. The Hall–Kier alpha value is -5.40. The van der Waals surface area contributed by atoms with Gasteiger partial charge in [0.25, 0.3) is 0 Å². The number of rotatable bonds is 13. The fraction of sp³-hybridized carbons (Fsp3) is 0.220. The molecule has 48 heavy (non-hydrogen) atoms. The van der Waals surface area contributed by atoms with Gasteiger partial charge in [0.1, 0.15) is 12.4 Å². The van der Waals surface area contributed by atoms with Crippen molar-refractivity contribution in [2.75, 3.05) is 20.3 Å². The molecule has 0 bridgehead atoms. The summed E-state index contributed by atoms with van der Waals surface area (Å²) in [4.78, 5) is 21.6. The van der Waals surface area contributed by atoms with Gasteiger partial charge >= 0.3 is 12.1 Å². The van der Waals surface area contributed by atoms with Gasteiger partial charge in [0.2, 0.25) is 0 Å². The van der Waals surface area contributed by atoms with Gasteiger partial charge in [-0.25, -0.2) is 4.79 Å². The Kier molecular flexibility index (Phi) is 11.6. The smallest absolute Gasteiger partial charge is 0.404 e. The second-order valence-electron chi connectivity index (χ2n) is 11.7. The van der Waals surface area contributed by atoms with Crippen LogP contribution in [0.25, 0.3) is 11.1 Å². The van der Waals surface area contributed by atoms with Crippen LogP contribution in [0.3, 0.4) is 0 Å². The molecule has 6 rings (SSSR count). The minimum atomic E-state index is -0.732. The summed E-state index contributed by atoms with van der Waals surface area (Å²) in [5.41, 5.74) is 12.8. The molecule has 5 aromatic carbocycles. The summed E-state index contributed by atoms with van der Waals surface area (Å²) >= 11 is 0. The lowest BCUT2D eigenvalue weighted by molar-refractivity contribution is -0.137. The minimum absolute atomic E-state index is 0.0879. The zero-order valence-corrected chi connectivity index (χ0v) is 27.2. The van der Waals surface area contributed by atoms with Crippen molar-refractivity contribution in [3.63, 3.8) is 0 Å². The van der Waals surface area contributed by atoms with E-state index in [-0.39, 0.29) is 12.3 Å². The second-order valence-corrected chi connectivity index (χ2v) is 11.7. The van der Waals surface area contributed by atoms with E-state index in [0.29, 0.717) is 13.0 Å². The summed E-state index contributed by atoms with van der Waals surface area (Å²) in [5.74, 6) is 0.177. The fourth-order valence-electron chi connectivity index (χ4n) is 6.48. The number of benzene rings is 5. The number of aliphatic carboxylic acids is 1. The number of ether oxygens (including phenoxy) is 2. The standard InChI is InChI=1S/C26H29NO3.C15H13NO2/c1-30-24-18-16-23(17-19-24)26(21-11-5-2-6-12-21,22-13-7-3-8-14-22)27-20-10-4-9-15-25(28)29;16-15(17)18-9-14-12-7-3-1-5-10(12)11-6-2-4-8-13(11)14/h2-3,5-8,11-14,16-19,27H,4,9-10,15,20H2,1H3,(H,28,29);1-8,14H,9H2,(H2,16,17). The monoisotopic (exact) mass is 642 g/mol. The zero-order valence-electron chi connectivity index (χ0n) is 27.2. The molecule has 246 valence electrons. The van der Waals surface area contributed by atoms with E-state index in [2.05, 4.69) is 90.2 Å². The average Bonchev–Trinajstić information content (AvgIpc) is 3.45. The Morgan fingerprint density at radius 3 is 1.69 bits per heavy atom. The Labute approximate surface area is 282 Å². The van der Waals surface area contributed by atoms with Crippen molar-refractivity contribution in [1.82, 2.24) is 5.32 Å². The summed E-state index contributed by atoms with van der Waals surface area (Å²) < 4.78 is 10.3. The van der Waals surface area contributed by atoms with Gasteiger partial charge in [0.15, 0.2) is 0 Å². The summed E-state index contributed by atoms with van der Waals surface area (Å²) in [7, 11) is 1.67. The first-order valence-corrected chi connectivity index (χ1v) is 16.3. The summed E-state index contributed by atoms with van der Waals surface area (Å²) in [6.07, 6.45) is 1.98. The number of primary amides is 1. The number of amides is 1. The quantitative estimate of drug-likeness (QED) is 0.0884. The highest BCUT2D eigenvalue weighted by Gasteiger charge is 2.35. The van der Waals surface area contributed by atoms with Crippen LogP contribution < -0.4 is 15.8 Å². The fourth-order valence-corrected chi connectivity index (χ4v) is 6.48. The Morgan fingerprint density at radius 2 is 1.19 bits per heavy atom. The van der Waals surface area contributed by atoms with Crippen molar-refractivity contribution in [3.05, 3.63) is 161 Å². The van der Waals surface area contributed by atoms with Crippen molar-refractivity contribution in [2.24, 2.45) is 5.73 Å². The SMILES string of the molecule is COc1ccc(C(NCCCCCC(=O)O)(c2ccccc2)c2ccccc2)cc1.NC(=O)OCC1c2ccccc2-c2ccccc21. The van der Waals surface area contributed by atoms with E-state index in [1.165, 1.54) is 22.3 Å². The first-order valence-electron chi connectivity index (χ1n) is 16.3. The molecule has 0 saturated heterocycles. The molecule has 0 heterocycles. The van der Waals surface area contributed by atoms with Gasteiger partial charge in [-0.05, 0) is 70.5 Å². The van der Waals surface area contributed by atoms with Crippen molar-refractivity contribution >= 4 is 12.1 Å². The average molecular weight is 643 g/mol. The van der Waals surface area contributed by atoms with Crippen LogP contribution in [0.2, 0.25) is 0 Å². The third-order valence-corrected chi connectivity index (χ3v) is 8.75. The zero-order chi connectivity index (χ0) is 33.8. The van der Waals surface area contributed by atoms with Crippen LogP contribution >= 0.6 is 0 Å². The van der Waals surface area contributed by atoms with Crippen molar-refractivity contribution in [2.45, 2.75) is 37.1 Å². The Morgan fingerprint density at radius 1 is 0.688 bits per heavy atom. The molecule has 0 radical (unpaired) electrons. The minimum Gasteiger partial charge on any atom is -0.497 e. The number of nitrogens with one attached hydrogen (secondary N) is 1. The van der Waals surface area contributed by atoms with E-state index in [1.807, 2.05) is 48.5 Å². The van der Waals surface area contributed by atoms with Crippen LogP contribution in [0.5, 0.6) is 5.75 Å². The molecule has 0 atom stereocenters. The first kappa shape index (κ1) is 33.9. The molecule has 0 aromatic heterocycles. The van der Waals surface area contributed by atoms with Gasteiger partial charge in [-0.15, -0.1) is 0 Å². The van der Waals surface area contributed by atoms with Crippen LogP contribution in [-0.2, 0) is 15.1 Å². The number of nitrogens with two attached hydrogens (primary N) is 1. The number of carbonyl (C=O) groups is 2. The van der Waals surface area contributed by atoms with Crippen LogP contribution in [0, 0.1) is 0 Å². The van der Waals surface area contributed by atoms with Gasteiger partial charge in [-0.2, -0.15) is 0 Å². The normalized spacial score (nSPS) is 11.9. The van der Waals surface area contributed by atoms with E-state index < -0.39 is 17.6 Å². The molecule has 0 saturated carbocycles. The number of hydrogen-bond donors (Lipinski definition) is 3. The van der Waals surface area contributed by atoms with E-state index in [1.54, 1.807) is 7.11 Å². The second kappa shape index (κ2) is 16.4. The topological polar surface area (TPSA) is 111 Å². The molecule has 0 fully saturated rings. The van der Waals surface area contributed by atoms with Gasteiger partial charge in [-0.3, -0.25) is 10.1 Å². The highest BCUT2D eigenvalue weighted by atomic mass is 16.5. The lowest BCUT2D eigenvalue weighted by Gasteiger charge is -2.37. The highest BCUT2D eigenvalue weighted by Crippen LogP contribution is 2.44. The Bertz CT molecular complexity index is 1690. The molecule has 7 heteroatoms. The van der Waals surface area contributed by atoms with Crippen molar-refractivity contribution in [1.29, 1.82) is 0 Å². The van der Waals surface area contributed by atoms with E-state index in [0.717, 1.165) is 41.8 Å². The number of carboxylic acids is 1. The van der Waals surface area contributed by atoms with E-state index >= 15 is 0 Å². The van der Waals surface area contributed by atoms with Crippen LogP contribution in [0.1, 0.15) is 59.4 Å². The molecule has 1 amide bonds. The third-order valence-electron chi connectivity index (χ3n) is 8.75. The van der Waals surface area contributed by atoms with Crippen molar-refractivity contribution in [3.8, 4) is 16.9 Å². The lowest BCUT2D eigenvalue weighted by Crippen LogP contribution is -2.45. The van der Waals surface area contributed by atoms with Crippen molar-refractivity contribution < 1.29 is 24.2 Å². The molecule has 4 N–H and O–H groups in total. The van der Waals surface area contributed by atoms with E-state index in [4.69, 9.17) is 20.3 Å². The molecule has 5 aromatic rings. The van der Waals surface area contributed by atoms with Gasteiger partial charge in [-0.1, -0.05) is 128 Å². The van der Waals surface area contributed by atoms with Crippen LogP contribution in [-0.4, -0.2) is 37.4 Å². The number of methoxy groups -OCH3 is 1. The first-order chi connectivity index (χ1) is 23.4. The summed E-state index contributed by atoms with van der Waals surface area (Å²) in [5, 5.41) is 12.7. The maximum Gasteiger partial charge on any atom is 0.404 e. The largest absolute Gasteiger partial charge is 0.497 e. The lowest BCUT2D eigenvalue weighted by atomic mass is 9.77. The maximum atomic E-state index is 10.8.